The maximum Gasteiger partial charge on any atom is 0.0465 e. The highest BCUT2D eigenvalue weighted by molar-refractivity contribution is 6.04. The minimum absolute atomic E-state index is 0.0816. The van der Waals surface area contributed by atoms with Gasteiger partial charge in [0, 0.05) is 22.5 Å². The van der Waals surface area contributed by atoms with Crippen LogP contribution in [0.3, 0.4) is 0 Å². The first kappa shape index (κ1) is 29.0. The number of fused-ring (bicyclic) bond motifs is 4. The van der Waals surface area contributed by atoms with Gasteiger partial charge in [-0.2, -0.15) is 0 Å². The predicted molar refractivity (Wildman–Crippen MR) is 201 cm³/mol. The quantitative estimate of drug-likeness (QED) is 0.182. The summed E-state index contributed by atoms with van der Waals surface area (Å²) in [5.74, 6) is 0.468. The Bertz CT molecular complexity index is 2220. The molecule has 8 rings (SSSR count). The van der Waals surface area contributed by atoms with Gasteiger partial charge in [0.2, 0.25) is 0 Å². The average Bonchev–Trinajstić information content (AvgIpc) is 3.34. The molecule has 0 aliphatic heterocycles. The molecule has 1 aliphatic rings. The van der Waals surface area contributed by atoms with Crippen molar-refractivity contribution in [2.45, 2.75) is 39.0 Å². The van der Waals surface area contributed by atoms with Crippen molar-refractivity contribution in [1.82, 2.24) is 0 Å². The van der Waals surface area contributed by atoms with Crippen LogP contribution in [0.5, 0.6) is 0 Å². The van der Waals surface area contributed by atoms with Crippen molar-refractivity contribution in [3.8, 4) is 33.4 Å². The number of hydrogen-bond acceptors (Lipinski definition) is 1. The second-order valence-corrected chi connectivity index (χ2v) is 13.6. The van der Waals surface area contributed by atoms with Gasteiger partial charge in [-0.05, 0) is 103 Å². The third-order valence-corrected chi connectivity index (χ3v) is 10.0. The lowest BCUT2D eigenvalue weighted by Crippen LogP contribution is -2.16. The smallest absolute Gasteiger partial charge is 0.0465 e. The summed E-state index contributed by atoms with van der Waals surface area (Å²) in [7, 11) is 0. The summed E-state index contributed by atoms with van der Waals surface area (Å²) < 4.78 is 0. The maximum absolute atomic E-state index is 2.43. The van der Waals surface area contributed by atoms with Crippen molar-refractivity contribution < 1.29 is 0 Å². The zero-order valence-electron chi connectivity index (χ0n) is 27.5. The average molecular weight is 606 g/mol. The van der Waals surface area contributed by atoms with Crippen LogP contribution in [0.1, 0.15) is 50.3 Å². The van der Waals surface area contributed by atoms with Gasteiger partial charge in [0.05, 0.1) is 0 Å². The van der Waals surface area contributed by atoms with Gasteiger partial charge in [-0.25, -0.2) is 0 Å². The van der Waals surface area contributed by atoms with Gasteiger partial charge >= 0.3 is 0 Å². The molecule has 0 fully saturated rings. The molecule has 0 N–H and O–H groups in total. The van der Waals surface area contributed by atoms with Crippen LogP contribution < -0.4 is 4.90 Å². The number of anilines is 3. The predicted octanol–water partition coefficient (Wildman–Crippen LogP) is 13.1. The topological polar surface area (TPSA) is 3.24 Å². The van der Waals surface area contributed by atoms with Gasteiger partial charge in [-0.15, -0.1) is 0 Å². The fourth-order valence-corrected chi connectivity index (χ4v) is 7.67. The zero-order valence-corrected chi connectivity index (χ0v) is 27.5. The van der Waals surface area contributed by atoms with Crippen molar-refractivity contribution in [1.29, 1.82) is 0 Å². The molecule has 1 nitrogen and oxygen atoms in total. The molecule has 0 heterocycles. The summed E-state index contributed by atoms with van der Waals surface area (Å²) >= 11 is 0. The Morgan fingerprint density at radius 3 is 1.85 bits per heavy atom. The van der Waals surface area contributed by atoms with Crippen LogP contribution in [0.15, 0.2) is 158 Å². The molecule has 0 amide bonds. The van der Waals surface area contributed by atoms with E-state index >= 15 is 0 Å². The molecule has 0 atom stereocenters. The number of para-hydroxylation sites is 1. The van der Waals surface area contributed by atoms with Crippen LogP contribution in [0.25, 0.3) is 44.2 Å². The van der Waals surface area contributed by atoms with E-state index in [0.717, 1.165) is 11.4 Å². The Morgan fingerprint density at radius 1 is 0.468 bits per heavy atom. The van der Waals surface area contributed by atoms with Crippen LogP contribution in [-0.4, -0.2) is 0 Å². The van der Waals surface area contributed by atoms with E-state index in [2.05, 4.69) is 190 Å². The van der Waals surface area contributed by atoms with Crippen LogP contribution in [0.2, 0.25) is 0 Å². The molecule has 1 heteroatoms. The van der Waals surface area contributed by atoms with Crippen LogP contribution in [0.4, 0.5) is 17.1 Å². The van der Waals surface area contributed by atoms with Crippen LogP contribution >= 0.6 is 0 Å². The van der Waals surface area contributed by atoms with Gasteiger partial charge in [0.25, 0.3) is 0 Å². The standard InChI is InChI=1S/C46H39N/c1-31(2)38-20-13-21-42-45(38)41-29-27-37(30-43(41)46(42,3)4)47(35-17-9-6-10-18-35)36-25-22-33(23-26-36)40-28-24-32-14-11-12-19-39(32)44(40)34-15-7-5-8-16-34/h5-31H,1-4H3. The molecule has 0 saturated carbocycles. The first-order valence-electron chi connectivity index (χ1n) is 16.7. The Balaban J connectivity index is 1.25. The second-order valence-electron chi connectivity index (χ2n) is 13.6. The van der Waals surface area contributed by atoms with E-state index in [9.17, 15) is 0 Å². The second kappa shape index (κ2) is 11.4. The van der Waals surface area contributed by atoms with Crippen molar-refractivity contribution in [2.75, 3.05) is 4.90 Å². The molecule has 7 aromatic rings. The molecule has 228 valence electrons. The Kier molecular flexibility index (Phi) is 7.07. The molecule has 0 saturated heterocycles. The summed E-state index contributed by atoms with van der Waals surface area (Å²) in [6.45, 7) is 9.36. The summed E-state index contributed by atoms with van der Waals surface area (Å²) in [6, 6.07) is 57.8. The van der Waals surface area contributed by atoms with E-state index < -0.39 is 0 Å². The molecule has 1 aliphatic carbocycles. The fourth-order valence-electron chi connectivity index (χ4n) is 7.67. The monoisotopic (exact) mass is 605 g/mol. The summed E-state index contributed by atoms with van der Waals surface area (Å²) in [4.78, 5) is 2.39. The molecular weight excluding hydrogens is 567 g/mol. The first-order chi connectivity index (χ1) is 22.9. The number of rotatable bonds is 6. The summed E-state index contributed by atoms with van der Waals surface area (Å²) in [5.41, 5.74) is 15.4. The van der Waals surface area contributed by atoms with E-state index in [0.29, 0.717) is 5.92 Å². The molecule has 0 unspecified atom stereocenters. The summed E-state index contributed by atoms with van der Waals surface area (Å²) in [6.07, 6.45) is 0. The molecule has 0 radical (unpaired) electrons. The lowest BCUT2D eigenvalue weighted by molar-refractivity contribution is 0.659. The van der Waals surface area contributed by atoms with E-state index in [1.165, 1.54) is 66.5 Å². The fraction of sp³-hybridized carbons (Fsp3) is 0.130. The minimum atomic E-state index is -0.0816. The van der Waals surface area contributed by atoms with Crippen molar-refractivity contribution in [3.63, 3.8) is 0 Å². The van der Waals surface area contributed by atoms with Crippen LogP contribution in [-0.2, 0) is 5.41 Å². The van der Waals surface area contributed by atoms with Gasteiger partial charge in [0.15, 0.2) is 0 Å². The molecule has 7 aromatic carbocycles. The first-order valence-corrected chi connectivity index (χ1v) is 16.7. The number of benzene rings is 7. The molecular formula is C46H39N. The highest BCUT2D eigenvalue weighted by atomic mass is 15.1. The molecule has 0 spiro atoms. The van der Waals surface area contributed by atoms with Crippen LogP contribution in [0, 0.1) is 0 Å². The highest BCUT2D eigenvalue weighted by Crippen LogP contribution is 2.53. The Hall–Kier alpha value is -5.40. The maximum atomic E-state index is 2.43. The normalized spacial score (nSPS) is 13.0. The SMILES string of the molecule is CC(C)c1cccc2c1-c1ccc(N(c3ccccc3)c3ccc(-c4ccc5ccccc5c4-c4ccccc4)cc3)cc1C2(C)C. The van der Waals surface area contributed by atoms with E-state index in [1.807, 2.05) is 0 Å². The number of nitrogens with zero attached hydrogens (tertiary/aromatic N) is 1. The van der Waals surface area contributed by atoms with E-state index in [1.54, 1.807) is 0 Å². The van der Waals surface area contributed by atoms with Gasteiger partial charge in [-0.3, -0.25) is 0 Å². The van der Waals surface area contributed by atoms with Gasteiger partial charge < -0.3 is 4.90 Å². The Labute approximate surface area is 278 Å². The van der Waals surface area contributed by atoms with Crippen molar-refractivity contribution in [2.24, 2.45) is 0 Å². The van der Waals surface area contributed by atoms with E-state index in [-0.39, 0.29) is 5.41 Å². The highest BCUT2D eigenvalue weighted by Gasteiger charge is 2.37. The van der Waals surface area contributed by atoms with Crippen molar-refractivity contribution in [3.05, 3.63) is 174 Å². The number of hydrogen-bond donors (Lipinski definition) is 0. The van der Waals surface area contributed by atoms with Gasteiger partial charge in [-0.1, -0.05) is 149 Å². The third kappa shape index (κ3) is 4.86. The third-order valence-electron chi connectivity index (χ3n) is 10.0. The van der Waals surface area contributed by atoms with E-state index in [4.69, 9.17) is 0 Å². The lowest BCUT2D eigenvalue weighted by atomic mass is 9.81. The molecule has 47 heavy (non-hydrogen) atoms. The molecule has 0 aromatic heterocycles. The van der Waals surface area contributed by atoms with Crippen molar-refractivity contribution >= 4 is 27.8 Å². The zero-order chi connectivity index (χ0) is 32.1. The lowest BCUT2D eigenvalue weighted by Gasteiger charge is -2.28. The van der Waals surface area contributed by atoms with Gasteiger partial charge in [0.1, 0.15) is 0 Å². The minimum Gasteiger partial charge on any atom is -0.310 e. The summed E-state index contributed by atoms with van der Waals surface area (Å²) in [5, 5.41) is 2.53. The largest absolute Gasteiger partial charge is 0.310 e. The Morgan fingerprint density at radius 2 is 1.11 bits per heavy atom. The molecule has 0 bridgehead atoms.